The molecule has 9 nitrogen and oxygen atoms in total. The molecule has 0 saturated carbocycles. The van der Waals surface area contributed by atoms with Gasteiger partial charge < -0.3 is 15.3 Å². The van der Waals surface area contributed by atoms with Crippen LogP contribution >= 0.6 is 11.6 Å². The molecule has 1 aliphatic heterocycles. The first-order valence-corrected chi connectivity index (χ1v) is 12.4. The van der Waals surface area contributed by atoms with E-state index in [1.807, 2.05) is 36.4 Å². The fourth-order valence-corrected chi connectivity index (χ4v) is 4.93. The fraction of sp³-hybridized carbons (Fsp3) is 0.179. The Morgan fingerprint density at radius 2 is 1.76 bits per heavy atom. The van der Waals surface area contributed by atoms with Crippen molar-refractivity contribution in [2.75, 3.05) is 18.4 Å². The van der Waals surface area contributed by atoms with Crippen LogP contribution in [0, 0.1) is 10.1 Å². The number of pyridine rings is 1. The summed E-state index contributed by atoms with van der Waals surface area (Å²) in [6.07, 6.45) is 2.97. The van der Waals surface area contributed by atoms with Crippen LogP contribution in [0.1, 0.15) is 45.0 Å². The van der Waals surface area contributed by atoms with E-state index >= 15 is 0 Å². The average Bonchev–Trinajstić information content (AvgIpc) is 2.93. The summed E-state index contributed by atoms with van der Waals surface area (Å²) in [5.74, 6) is -0.713. The van der Waals surface area contributed by atoms with Gasteiger partial charge in [-0.05, 0) is 60.7 Å². The number of rotatable bonds is 5. The Labute approximate surface area is 222 Å². The molecule has 2 N–H and O–H groups in total. The number of phenols is 1. The summed E-state index contributed by atoms with van der Waals surface area (Å²) >= 11 is 6.24. The molecule has 1 saturated heterocycles. The number of aromatic hydroxyl groups is 1. The van der Waals surface area contributed by atoms with Crippen LogP contribution in [0.25, 0.3) is 10.9 Å². The van der Waals surface area contributed by atoms with Gasteiger partial charge in [-0.15, -0.1) is 0 Å². The topological polar surface area (TPSA) is 126 Å². The van der Waals surface area contributed by atoms with Gasteiger partial charge in [0.15, 0.2) is 0 Å². The number of aromatic nitrogens is 1. The SMILES string of the molecule is O=C(Nc1ccc(C2CCN(C(=O)c3cc(O)cc([N+](=O)[O-])c3)CC2)cc1)c1cnc2cccc(Cl)c2c1. The van der Waals surface area contributed by atoms with E-state index in [9.17, 15) is 24.8 Å². The minimum atomic E-state index is -0.636. The van der Waals surface area contributed by atoms with Crippen molar-refractivity contribution in [2.24, 2.45) is 0 Å². The predicted octanol–water partition coefficient (Wildman–Crippen LogP) is 5.77. The Kier molecular flexibility index (Phi) is 6.93. The van der Waals surface area contributed by atoms with Crippen LogP contribution in [-0.2, 0) is 0 Å². The summed E-state index contributed by atoms with van der Waals surface area (Å²) in [7, 11) is 0. The number of anilines is 1. The number of hydrogen-bond donors (Lipinski definition) is 2. The van der Waals surface area contributed by atoms with Crippen molar-refractivity contribution in [3.8, 4) is 5.75 Å². The second-order valence-corrected chi connectivity index (χ2v) is 9.58. The lowest BCUT2D eigenvalue weighted by atomic mass is 9.89. The molecule has 0 radical (unpaired) electrons. The van der Waals surface area contributed by atoms with E-state index in [4.69, 9.17) is 11.6 Å². The molecule has 3 aromatic carbocycles. The molecule has 192 valence electrons. The first-order valence-electron chi connectivity index (χ1n) is 12.0. The third-order valence-electron chi connectivity index (χ3n) is 6.72. The Morgan fingerprint density at radius 1 is 1.03 bits per heavy atom. The molecule has 1 fully saturated rings. The standard InChI is InChI=1S/C28H23ClN4O5/c29-25-2-1-3-26-24(25)14-20(16-30-26)27(35)31-21-6-4-17(5-7-21)18-8-10-32(11-9-18)28(36)19-12-22(33(37)38)15-23(34)13-19/h1-7,12-16,18,34H,8-11H2,(H,31,35). The van der Waals surface area contributed by atoms with Gasteiger partial charge >= 0.3 is 0 Å². The van der Waals surface area contributed by atoms with E-state index in [2.05, 4.69) is 10.3 Å². The lowest BCUT2D eigenvalue weighted by Crippen LogP contribution is -2.37. The van der Waals surface area contributed by atoms with Crippen molar-refractivity contribution in [3.63, 3.8) is 0 Å². The summed E-state index contributed by atoms with van der Waals surface area (Å²) < 4.78 is 0. The molecule has 0 atom stereocenters. The van der Waals surface area contributed by atoms with Gasteiger partial charge in [0.2, 0.25) is 0 Å². The largest absolute Gasteiger partial charge is 0.508 e. The summed E-state index contributed by atoms with van der Waals surface area (Å²) in [5, 5.41) is 25.0. The van der Waals surface area contributed by atoms with Crippen molar-refractivity contribution in [1.82, 2.24) is 9.88 Å². The number of nitro groups is 1. The molecule has 38 heavy (non-hydrogen) atoms. The van der Waals surface area contributed by atoms with Gasteiger partial charge in [-0.3, -0.25) is 24.7 Å². The minimum Gasteiger partial charge on any atom is -0.508 e. The van der Waals surface area contributed by atoms with Crippen LogP contribution in [0.3, 0.4) is 0 Å². The van der Waals surface area contributed by atoms with Gasteiger partial charge in [0.05, 0.1) is 27.6 Å². The van der Waals surface area contributed by atoms with Crippen molar-refractivity contribution < 1.29 is 19.6 Å². The Bertz CT molecular complexity index is 1550. The predicted molar refractivity (Wildman–Crippen MR) is 144 cm³/mol. The van der Waals surface area contributed by atoms with E-state index in [1.54, 1.807) is 17.0 Å². The smallest absolute Gasteiger partial charge is 0.273 e. The Hall–Kier alpha value is -4.50. The number of carbonyl (C=O) groups is 2. The number of non-ortho nitro benzene ring substituents is 1. The number of likely N-dealkylation sites (tertiary alicyclic amines) is 1. The number of phenolic OH excluding ortho intramolecular Hbond substituents is 1. The maximum absolute atomic E-state index is 12.9. The van der Waals surface area contributed by atoms with Crippen molar-refractivity contribution in [1.29, 1.82) is 0 Å². The second kappa shape index (κ2) is 10.5. The first kappa shape index (κ1) is 25.2. The molecule has 1 aliphatic rings. The zero-order chi connectivity index (χ0) is 26.8. The van der Waals surface area contributed by atoms with Crippen molar-refractivity contribution >= 4 is 45.7 Å². The number of halogens is 1. The van der Waals surface area contributed by atoms with Gasteiger partial charge in [-0.2, -0.15) is 0 Å². The molecule has 0 aliphatic carbocycles. The molecule has 2 amide bonds. The fourth-order valence-electron chi connectivity index (χ4n) is 4.70. The third kappa shape index (κ3) is 5.28. The highest BCUT2D eigenvalue weighted by molar-refractivity contribution is 6.35. The number of amides is 2. The lowest BCUT2D eigenvalue weighted by Gasteiger charge is -2.32. The Balaban J connectivity index is 1.20. The first-order chi connectivity index (χ1) is 18.3. The molecule has 4 aromatic rings. The van der Waals surface area contributed by atoms with E-state index < -0.39 is 4.92 Å². The van der Waals surface area contributed by atoms with E-state index in [0.29, 0.717) is 34.7 Å². The van der Waals surface area contributed by atoms with Crippen molar-refractivity contribution in [2.45, 2.75) is 18.8 Å². The zero-order valence-corrected chi connectivity index (χ0v) is 20.9. The molecular formula is C28H23ClN4O5. The molecule has 1 aromatic heterocycles. The van der Waals surface area contributed by atoms with Crippen LogP contribution < -0.4 is 5.32 Å². The number of nitrogens with one attached hydrogen (secondary N) is 1. The monoisotopic (exact) mass is 530 g/mol. The van der Waals surface area contributed by atoms with Crippen LogP contribution in [-0.4, -0.2) is 44.8 Å². The van der Waals surface area contributed by atoms with Crippen LogP contribution in [0.5, 0.6) is 5.75 Å². The lowest BCUT2D eigenvalue weighted by molar-refractivity contribution is -0.385. The quantitative estimate of drug-likeness (QED) is 0.249. The van der Waals surface area contributed by atoms with Crippen LogP contribution in [0.2, 0.25) is 5.02 Å². The van der Waals surface area contributed by atoms with E-state index in [0.717, 1.165) is 30.0 Å². The maximum atomic E-state index is 12.9. The number of hydrogen-bond acceptors (Lipinski definition) is 6. The summed E-state index contributed by atoms with van der Waals surface area (Å²) in [4.78, 5) is 42.0. The van der Waals surface area contributed by atoms with E-state index in [-0.39, 0.29) is 34.7 Å². The van der Waals surface area contributed by atoms with Gasteiger partial charge in [0, 0.05) is 41.4 Å². The number of benzene rings is 3. The molecule has 0 spiro atoms. The van der Waals surface area contributed by atoms with Gasteiger partial charge in [-0.25, -0.2) is 0 Å². The second-order valence-electron chi connectivity index (χ2n) is 9.17. The molecule has 10 heteroatoms. The van der Waals surface area contributed by atoms with Crippen LogP contribution in [0.4, 0.5) is 11.4 Å². The number of fused-ring (bicyclic) bond motifs is 1. The van der Waals surface area contributed by atoms with Gasteiger partial charge in [-0.1, -0.05) is 29.8 Å². The highest BCUT2D eigenvalue weighted by Crippen LogP contribution is 2.31. The number of carbonyl (C=O) groups excluding carboxylic acids is 2. The molecular weight excluding hydrogens is 508 g/mol. The van der Waals surface area contributed by atoms with Crippen LogP contribution in [0.15, 0.2) is 72.9 Å². The van der Waals surface area contributed by atoms with E-state index in [1.165, 1.54) is 18.3 Å². The average molecular weight is 531 g/mol. The van der Waals surface area contributed by atoms with Gasteiger partial charge in [0.1, 0.15) is 5.75 Å². The highest BCUT2D eigenvalue weighted by atomic mass is 35.5. The minimum absolute atomic E-state index is 0.0964. The summed E-state index contributed by atoms with van der Waals surface area (Å²) in [6, 6.07) is 18.2. The molecule has 5 rings (SSSR count). The summed E-state index contributed by atoms with van der Waals surface area (Å²) in [6.45, 7) is 0.978. The highest BCUT2D eigenvalue weighted by Gasteiger charge is 2.26. The van der Waals surface area contributed by atoms with Gasteiger partial charge in [0.25, 0.3) is 17.5 Å². The number of piperidine rings is 1. The normalized spacial score (nSPS) is 13.9. The Morgan fingerprint density at radius 3 is 2.47 bits per heavy atom. The molecule has 2 heterocycles. The third-order valence-corrected chi connectivity index (χ3v) is 7.05. The number of nitro benzene ring substituents is 1. The summed E-state index contributed by atoms with van der Waals surface area (Å²) in [5.41, 5.74) is 2.65. The van der Waals surface area contributed by atoms with Crippen molar-refractivity contribution in [3.05, 3.63) is 105 Å². The maximum Gasteiger partial charge on any atom is 0.273 e. The number of nitrogens with zero attached hydrogens (tertiary/aromatic N) is 3. The zero-order valence-electron chi connectivity index (χ0n) is 20.1. The molecule has 0 unspecified atom stereocenters. The molecule has 0 bridgehead atoms.